The highest BCUT2D eigenvalue weighted by Crippen LogP contribution is 2.27. The zero-order valence-electron chi connectivity index (χ0n) is 17.8. The van der Waals surface area contributed by atoms with Crippen molar-refractivity contribution in [3.63, 3.8) is 0 Å². The number of rotatable bonds is 10. The smallest absolute Gasteiger partial charge is 0.243 e. The van der Waals surface area contributed by atoms with Crippen molar-refractivity contribution in [3.05, 3.63) is 68.7 Å². The van der Waals surface area contributed by atoms with Gasteiger partial charge in [0.25, 0.3) is 0 Å². The second-order valence-electron chi connectivity index (χ2n) is 7.43. The SMILES string of the molecule is CC[C@@H](C(=O)NC(C)C)N(Cc1c(Cl)cccc1Cl)C(=O)CSCc1ccc(Cl)cc1. The fourth-order valence-corrected chi connectivity index (χ4v) is 4.59. The molecule has 0 saturated carbocycles. The highest BCUT2D eigenvalue weighted by atomic mass is 35.5. The standard InChI is InChI=1S/C23H27Cl3N2O2S/c1-4-21(23(30)27-15(2)3)28(12-18-19(25)6-5-7-20(18)26)22(29)14-31-13-16-8-10-17(24)11-9-16/h5-11,15,21H,4,12-14H2,1-3H3,(H,27,30)/t21-/m0/s1. The van der Waals surface area contributed by atoms with Crippen LogP contribution in [-0.2, 0) is 21.9 Å². The molecule has 4 nitrogen and oxygen atoms in total. The lowest BCUT2D eigenvalue weighted by Gasteiger charge is -2.31. The summed E-state index contributed by atoms with van der Waals surface area (Å²) >= 11 is 20.1. The summed E-state index contributed by atoms with van der Waals surface area (Å²) in [5.74, 6) is 0.576. The molecule has 0 bridgehead atoms. The van der Waals surface area contributed by atoms with Crippen LogP contribution in [0, 0.1) is 0 Å². The van der Waals surface area contributed by atoms with E-state index in [9.17, 15) is 9.59 Å². The zero-order chi connectivity index (χ0) is 23.0. The van der Waals surface area contributed by atoms with E-state index in [2.05, 4.69) is 5.32 Å². The van der Waals surface area contributed by atoms with E-state index in [0.29, 0.717) is 32.8 Å². The summed E-state index contributed by atoms with van der Waals surface area (Å²) in [6, 6.07) is 12.1. The van der Waals surface area contributed by atoms with Crippen molar-refractivity contribution in [2.45, 2.75) is 51.6 Å². The Labute approximate surface area is 203 Å². The molecule has 0 heterocycles. The second kappa shape index (κ2) is 12.6. The van der Waals surface area contributed by atoms with Crippen LogP contribution < -0.4 is 5.32 Å². The molecule has 0 aliphatic rings. The van der Waals surface area contributed by atoms with Crippen LogP contribution in [0.4, 0.5) is 0 Å². The van der Waals surface area contributed by atoms with E-state index in [-0.39, 0.29) is 30.2 Å². The van der Waals surface area contributed by atoms with Crippen LogP contribution in [0.1, 0.15) is 38.3 Å². The van der Waals surface area contributed by atoms with Crippen LogP contribution >= 0.6 is 46.6 Å². The molecule has 1 atom stereocenters. The van der Waals surface area contributed by atoms with Gasteiger partial charge in [0.1, 0.15) is 6.04 Å². The molecule has 2 amide bonds. The summed E-state index contributed by atoms with van der Waals surface area (Å²) in [5.41, 5.74) is 1.71. The van der Waals surface area contributed by atoms with Crippen LogP contribution in [-0.4, -0.2) is 34.6 Å². The second-order valence-corrected chi connectivity index (χ2v) is 9.66. The van der Waals surface area contributed by atoms with Gasteiger partial charge in [-0.1, -0.05) is 59.9 Å². The van der Waals surface area contributed by atoms with Crippen LogP contribution in [0.3, 0.4) is 0 Å². The Morgan fingerprint density at radius 3 is 2.19 bits per heavy atom. The van der Waals surface area contributed by atoms with Crippen molar-refractivity contribution < 1.29 is 9.59 Å². The quantitative estimate of drug-likeness (QED) is 0.421. The first-order valence-electron chi connectivity index (χ1n) is 10.1. The Morgan fingerprint density at radius 2 is 1.65 bits per heavy atom. The number of thioether (sulfide) groups is 1. The number of carbonyl (C=O) groups is 2. The van der Waals surface area contributed by atoms with Gasteiger partial charge < -0.3 is 10.2 Å². The van der Waals surface area contributed by atoms with Crippen molar-refractivity contribution in [1.82, 2.24) is 10.2 Å². The Bertz CT molecular complexity index is 871. The summed E-state index contributed by atoms with van der Waals surface area (Å²) in [7, 11) is 0. The molecule has 8 heteroatoms. The van der Waals surface area contributed by atoms with Crippen molar-refractivity contribution in [2.75, 3.05) is 5.75 Å². The molecule has 0 saturated heterocycles. The molecule has 0 unspecified atom stereocenters. The van der Waals surface area contributed by atoms with Crippen molar-refractivity contribution in [2.24, 2.45) is 0 Å². The van der Waals surface area contributed by atoms with Gasteiger partial charge in [0.15, 0.2) is 0 Å². The van der Waals surface area contributed by atoms with Gasteiger partial charge in [-0.25, -0.2) is 0 Å². The Balaban J connectivity index is 2.19. The summed E-state index contributed by atoms with van der Waals surface area (Å²) in [6.07, 6.45) is 0.480. The summed E-state index contributed by atoms with van der Waals surface area (Å²) in [6.45, 7) is 5.84. The highest BCUT2D eigenvalue weighted by Gasteiger charge is 2.29. The molecule has 0 spiro atoms. The molecule has 2 aromatic carbocycles. The van der Waals surface area contributed by atoms with Crippen LogP contribution in [0.15, 0.2) is 42.5 Å². The van der Waals surface area contributed by atoms with E-state index in [0.717, 1.165) is 5.56 Å². The molecule has 0 aromatic heterocycles. The Morgan fingerprint density at radius 1 is 1.03 bits per heavy atom. The van der Waals surface area contributed by atoms with Gasteiger partial charge in [-0.05, 0) is 50.1 Å². The van der Waals surface area contributed by atoms with Crippen LogP contribution in [0.25, 0.3) is 0 Å². The first-order valence-corrected chi connectivity index (χ1v) is 12.4. The fraction of sp³-hybridized carbons (Fsp3) is 0.391. The number of nitrogens with one attached hydrogen (secondary N) is 1. The molecule has 0 aliphatic carbocycles. The fourth-order valence-electron chi connectivity index (χ4n) is 3.07. The van der Waals surface area contributed by atoms with Gasteiger partial charge in [-0.15, -0.1) is 11.8 Å². The maximum atomic E-state index is 13.2. The zero-order valence-corrected chi connectivity index (χ0v) is 20.9. The Hall–Kier alpha value is -1.40. The van der Waals surface area contributed by atoms with E-state index in [1.807, 2.05) is 45.0 Å². The summed E-state index contributed by atoms with van der Waals surface area (Å²) in [4.78, 5) is 27.6. The molecular formula is C23H27Cl3N2O2S. The molecule has 0 fully saturated rings. The third-order valence-corrected chi connectivity index (χ3v) is 6.56. The minimum Gasteiger partial charge on any atom is -0.352 e. The van der Waals surface area contributed by atoms with Gasteiger partial charge in [-0.3, -0.25) is 9.59 Å². The summed E-state index contributed by atoms with van der Waals surface area (Å²) < 4.78 is 0. The normalized spacial score (nSPS) is 12.0. The lowest BCUT2D eigenvalue weighted by atomic mass is 10.1. The van der Waals surface area contributed by atoms with E-state index in [1.54, 1.807) is 23.1 Å². The van der Waals surface area contributed by atoms with Gasteiger partial charge in [0.2, 0.25) is 11.8 Å². The van der Waals surface area contributed by atoms with E-state index < -0.39 is 6.04 Å². The number of amides is 2. The van der Waals surface area contributed by atoms with Gasteiger partial charge in [0.05, 0.1) is 5.75 Å². The third-order valence-electron chi connectivity index (χ3n) is 4.61. The summed E-state index contributed by atoms with van der Waals surface area (Å²) in [5, 5.41) is 4.53. The van der Waals surface area contributed by atoms with Gasteiger partial charge in [-0.2, -0.15) is 0 Å². The lowest BCUT2D eigenvalue weighted by Crippen LogP contribution is -2.51. The number of benzene rings is 2. The monoisotopic (exact) mass is 500 g/mol. The Kier molecular flexibility index (Phi) is 10.5. The first kappa shape index (κ1) is 25.9. The molecular weight excluding hydrogens is 475 g/mol. The van der Waals surface area contributed by atoms with Crippen LogP contribution in [0.2, 0.25) is 15.1 Å². The maximum Gasteiger partial charge on any atom is 0.243 e. The van der Waals surface area contributed by atoms with Gasteiger partial charge >= 0.3 is 0 Å². The average Bonchev–Trinajstić information content (AvgIpc) is 2.70. The number of nitrogens with zero attached hydrogens (tertiary/aromatic N) is 1. The number of carbonyl (C=O) groups excluding carboxylic acids is 2. The first-order chi connectivity index (χ1) is 14.7. The minimum atomic E-state index is -0.613. The minimum absolute atomic E-state index is 0.0262. The number of hydrogen-bond donors (Lipinski definition) is 1. The molecule has 31 heavy (non-hydrogen) atoms. The van der Waals surface area contributed by atoms with E-state index in [4.69, 9.17) is 34.8 Å². The third kappa shape index (κ3) is 7.90. The van der Waals surface area contributed by atoms with Crippen LogP contribution in [0.5, 0.6) is 0 Å². The molecule has 1 N–H and O–H groups in total. The van der Waals surface area contributed by atoms with Crippen molar-refractivity contribution in [3.8, 4) is 0 Å². The van der Waals surface area contributed by atoms with E-state index in [1.165, 1.54) is 11.8 Å². The van der Waals surface area contributed by atoms with Crippen molar-refractivity contribution in [1.29, 1.82) is 0 Å². The lowest BCUT2D eigenvalue weighted by molar-refractivity contribution is -0.139. The molecule has 0 aliphatic heterocycles. The average molecular weight is 502 g/mol. The number of halogens is 3. The predicted octanol–water partition coefficient (Wildman–Crippen LogP) is 6.21. The molecule has 2 aromatic rings. The van der Waals surface area contributed by atoms with Crippen molar-refractivity contribution >= 4 is 58.4 Å². The largest absolute Gasteiger partial charge is 0.352 e. The maximum absolute atomic E-state index is 13.2. The molecule has 168 valence electrons. The van der Waals surface area contributed by atoms with Gasteiger partial charge in [0, 0.05) is 39.0 Å². The highest BCUT2D eigenvalue weighted by molar-refractivity contribution is 7.99. The predicted molar refractivity (Wildman–Crippen MR) is 132 cm³/mol. The molecule has 2 rings (SSSR count). The number of hydrogen-bond acceptors (Lipinski definition) is 3. The van der Waals surface area contributed by atoms with E-state index >= 15 is 0 Å². The topological polar surface area (TPSA) is 49.4 Å². The molecule has 0 radical (unpaired) electrons.